The Labute approximate surface area is 176 Å². The molecule has 1 fully saturated rings. The van der Waals surface area contributed by atoms with Crippen LogP contribution in [0.1, 0.15) is 35.7 Å². The molecular formula is C25H24N4O. The summed E-state index contributed by atoms with van der Waals surface area (Å²) in [5, 5.41) is 0. The van der Waals surface area contributed by atoms with E-state index in [1.165, 1.54) is 0 Å². The largest absolute Gasteiger partial charge is 0.334 e. The lowest BCUT2D eigenvalue weighted by Crippen LogP contribution is -2.32. The topological polar surface area (TPSA) is 50.5 Å². The summed E-state index contributed by atoms with van der Waals surface area (Å²) in [5.74, 6) is 0.180. The van der Waals surface area contributed by atoms with Gasteiger partial charge < -0.3 is 9.30 Å². The van der Waals surface area contributed by atoms with Gasteiger partial charge in [0.2, 0.25) is 5.91 Å². The lowest BCUT2D eigenvalue weighted by Gasteiger charge is -2.24. The van der Waals surface area contributed by atoms with Crippen LogP contribution in [-0.4, -0.2) is 31.7 Å². The van der Waals surface area contributed by atoms with Crippen LogP contribution in [-0.2, 0) is 11.2 Å². The number of likely N-dealkylation sites (tertiary alicyclic amines) is 1. The van der Waals surface area contributed by atoms with Crippen molar-refractivity contribution in [2.24, 2.45) is 0 Å². The fourth-order valence-corrected chi connectivity index (χ4v) is 4.40. The average Bonchev–Trinajstić information content (AvgIpc) is 3.42. The lowest BCUT2D eigenvalue weighted by atomic mass is 10.0. The molecule has 0 unspecified atom stereocenters. The second kappa shape index (κ2) is 7.75. The number of aromatic nitrogens is 3. The zero-order valence-corrected chi connectivity index (χ0v) is 17.0. The summed E-state index contributed by atoms with van der Waals surface area (Å²) in [7, 11) is 0. The van der Waals surface area contributed by atoms with Crippen LogP contribution in [0.4, 0.5) is 0 Å². The van der Waals surface area contributed by atoms with Crippen molar-refractivity contribution in [3.05, 3.63) is 90.3 Å². The third kappa shape index (κ3) is 3.36. The molecule has 5 nitrogen and oxygen atoms in total. The molecule has 3 aromatic heterocycles. The second-order valence-corrected chi connectivity index (χ2v) is 7.93. The van der Waals surface area contributed by atoms with Crippen molar-refractivity contribution in [2.45, 2.75) is 32.2 Å². The van der Waals surface area contributed by atoms with E-state index >= 15 is 0 Å². The average molecular weight is 396 g/mol. The van der Waals surface area contributed by atoms with Crippen molar-refractivity contribution in [3.63, 3.8) is 0 Å². The fraction of sp³-hybridized carbons (Fsp3) is 0.240. The molecule has 5 heteroatoms. The van der Waals surface area contributed by atoms with Crippen LogP contribution in [0.25, 0.3) is 16.6 Å². The number of hydrogen-bond donors (Lipinski definition) is 0. The zero-order chi connectivity index (χ0) is 20.5. The quantitative estimate of drug-likeness (QED) is 0.506. The number of imidazole rings is 1. The van der Waals surface area contributed by atoms with Crippen molar-refractivity contribution in [1.29, 1.82) is 0 Å². The van der Waals surface area contributed by atoms with E-state index in [4.69, 9.17) is 4.98 Å². The highest BCUT2D eigenvalue weighted by molar-refractivity contribution is 5.80. The zero-order valence-electron chi connectivity index (χ0n) is 17.0. The molecule has 0 spiro atoms. The monoisotopic (exact) mass is 396 g/mol. The van der Waals surface area contributed by atoms with Crippen molar-refractivity contribution in [1.82, 2.24) is 19.3 Å². The summed E-state index contributed by atoms with van der Waals surface area (Å²) in [6, 6.07) is 16.4. The highest BCUT2D eigenvalue weighted by Gasteiger charge is 2.32. The molecule has 4 aromatic rings. The van der Waals surface area contributed by atoms with Crippen LogP contribution < -0.4 is 0 Å². The third-order valence-electron chi connectivity index (χ3n) is 6.05. The summed E-state index contributed by atoms with van der Waals surface area (Å²) in [5.41, 5.74) is 6.48. The van der Waals surface area contributed by atoms with E-state index in [0.717, 1.165) is 52.9 Å². The first-order valence-electron chi connectivity index (χ1n) is 10.4. The van der Waals surface area contributed by atoms with Gasteiger partial charge in [-0.2, -0.15) is 0 Å². The van der Waals surface area contributed by atoms with Gasteiger partial charge in [0.1, 0.15) is 0 Å². The molecule has 0 radical (unpaired) electrons. The van der Waals surface area contributed by atoms with E-state index in [0.29, 0.717) is 6.42 Å². The SMILES string of the molecule is Cc1ccccc1CC(=O)N1CCC[C@@H]1c1ncn2cc(-c3cccnc3)ccc12. The maximum atomic E-state index is 13.1. The Hall–Kier alpha value is -3.47. The normalized spacial score (nSPS) is 16.3. The van der Waals surface area contributed by atoms with Gasteiger partial charge in [-0.3, -0.25) is 9.78 Å². The number of carbonyl (C=O) groups excluding carboxylic acids is 1. The molecule has 1 aliphatic rings. The number of nitrogens with zero attached hydrogens (tertiary/aromatic N) is 4. The van der Waals surface area contributed by atoms with E-state index in [9.17, 15) is 4.79 Å². The molecular weight excluding hydrogens is 372 g/mol. The van der Waals surface area contributed by atoms with E-state index in [2.05, 4.69) is 46.8 Å². The van der Waals surface area contributed by atoms with Crippen LogP contribution in [0, 0.1) is 6.92 Å². The second-order valence-electron chi connectivity index (χ2n) is 7.93. The molecule has 1 atom stereocenters. The van der Waals surface area contributed by atoms with Crippen molar-refractivity contribution >= 4 is 11.4 Å². The minimum Gasteiger partial charge on any atom is -0.334 e. The summed E-state index contributed by atoms with van der Waals surface area (Å²) >= 11 is 0. The molecule has 0 N–H and O–H groups in total. The first-order valence-corrected chi connectivity index (χ1v) is 10.4. The Morgan fingerprint density at radius 1 is 1.10 bits per heavy atom. The van der Waals surface area contributed by atoms with E-state index in [1.54, 1.807) is 6.20 Å². The molecule has 1 saturated heterocycles. The van der Waals surface area contributed by atoms with Crippen LogP contribution in [0.3, 0.4) is 0 Å². The van der Waals surface area contributed by atoms with Crippen molar-refractivity contribution in [3.8, 4) is 11.1 Å². The lowest BCUT2D eigenvalue weighted by molar-refractivity contribution is -0.131. The van der Waals surface area contributed by atoms with Crippen LogP contribution >= 0.6 is 0 Å². The van der Waals surface area contributed by atoms with Crippen molar-refractivity contribution in [2.75, 3.05) is 6.54 Å². The van der Waals surface area contributed by atoms with Gasteiger partial charge in [0.05, 0.1) is 30.0 Å². The van der Waals surface area contributed by atoms with Gasteiger partial charge in [-0.05, 0) is 48.6 Å². The molecule has 30 heavy (non-hydrogen) atoms. The molecule has 1 aromatic carbocycles. The Morgan fingerprint density at radius 2 is 2.00 bits per heavy atom. The van der Waals surface area contributed by atoms with E-state index < -0.39 is 0 Å². The Bertz CT molecular complexity index is 1200. The third-order valence-corrected chi connectivity index (χ3v) is 6.05. The first kappa shape index (κ1) is 18.6. The van der Waals surface area contributed by atoms with Crippen molar-refractivity contribution < 1.29 is 4.79 Å². The van der Waals surface area contributed by atoms with Gasteiger partial charge in [-0.25, -0.2) is 4.98 Å². The summed E-state index contributed by atoms with van der Waals surface area (Å²) in [6.07, 6.45) is 9.99. The molecule has 5 rings (SSSR count). The number of hydrogen-bond acceptors (Lipinski definition) is 3. The van der Waals surface area contributed by atoms with E-state index in [-0.39, 0.29) is 11.9 Å². The Morgan fingerprint density at radius 3 is 2.83 bits per heavy atom. The predicted octanol–water partition coefficient (Wildman–Crippen LogP) is 4.61. The molecule has 0 saturated carbocycles. The maximum Gasteiger partial charge on any atom is 0.227 e. The van der Waals surface area contributed by atoms with Crippen LogP contribution in [0.2, 0.25) is 0 Å². The summed E-state index contributed by atoms with van der Waals surface area (Å²) in [6.45, 7) is 2.86. The van der Waals surface area contributed by atoms with Gasteiger partial charge in [-0.15, -0.1) is 0 Å². The number of amides is 1. The predicted molar refractivity (Wildman–Crippen MR) is 117 cm³/mol. The minimum atomic E-state index is 0.0377. The number of fused-ring (bicyclic) bond motifs is 1. The molecule has 1 amide bonds. The van der Waals surface area contributed by atoms with Crippen LogP contribution in [0.5, 0.6) is 0 Å². The summed E-state index contributed by atoms with van der Waals surface area (Å²) < 4.78 is 2.06. The van der Waals surface area contributed by atoms with Gasteiger partial charge in [0.25, 0.3) is 0 Å². The minimum absolute atomic E-state index is 0.0377. The van der Waals surface area contributed by atoms with Gasteiger partial charge in [-0.1, -0.05) is 36.4 Å². The standard InChI is InChI=1S/C25H24N4O/c1-18-6-2-3-7-19(18)14-24(30)29-13-5-9-23(29)25-22-11-10-21(16-28(22)17-27-25)20-8-4-12-26-15-20/h2-4,6-8,10-12,15-17,23H,5,9,13-14H2,1H3/t23-/m1/s1. The van der Waals surface area contributed by atoms with Gasteiger partial charge in [0, 0.05) is 30.7 Å². The number of rotatable bonds is 4. The number of benzene rings is 1. The number of pyridine rings is 2. The molecule has 1 aliphatic heterocycles. The Kier molecular flexibility index (Phi) is 4.79. The van der Waals surface area contributed by atoms with E-state index in [1.807, 2.05) is 41.7 Å². The van der Waals surface area contributed by atoms with Gasteiger partial charge in [0.15, 0.2) is 0 Å². The van der Waals surface area contributed by atoms with Gasteiger partial charge >= 0.3 is 0 Å². The number of carbonyl (C=O) groups is 1. The molecule has 0 aliphatic carbocycles. The number of aryl methyl sites for hydroxylation is 1. The molecule has 0 bridgehead atoms. The fourth-order valence-electron chi connectivity index (χ4n) is 4.40. The Balaban J connectivity index is 1.43. The highest BCUT2D eigenvalue weighted by atomic mass is 16.2. The first-order chi connectivity index (χ1) is 14.7. The molecule has 150 valence electrons. The molecule has 4 heterocycles. The highest BCUT2D eigenvalue weighted by Crippen LogP contribution is 2.34. The smallest absolute Gasteiger partial charge is 0.227 e. The maximum absolute atomic E-state index is 13.1. The van der Waals surface area contributed by atoms with Crippen LogP contribution in [0.15, 0.2) is 73.4 Å². The summed E-state index contributed by atoms with van der Waals surface area (Å²) in [4.78, 5) is 24.1.